The molecule has 0 spiro atoms. The van der Waals surface area contributed by atoms with Gasteiger partial charge in [0.05, 0.1) is 23.0 Å². The number of rotatable bonds is 41. The summed E-state index contributed by atoms with van der Waals surface area (Å²) in [6.45, 7) is 9.39. The third-order valence-corrected chi connectivity index (χ3v) is 21.4. The Morgan fingerprint density at radius 1 is 0.614 bits per heavy atom. The lowest BCUT2D eigenvalue weighted by molar-refractivity contribution is -0.438. The van der Waals surface area contributed by atoms with Gasteiger partial charge in [-0.15, -0.1) is 11.8 Å². The summed E-state index contributed by atoms with van der Waals surface area (Å²) in [5.74, 6) is -7.70. The molecular formula is C75H95N6O17S3+. The number of hydrogen-bond donors (Lipinski definition) is 9. The summed E-state index contributed by atoms with van der Waals surface area (Å²) < 4.78 is 68.3. The standard InChI is InChI=1S/C75H94N6O17S3/c1-74(2)57-30-12-14-32-62(57)80(43-17-19-45-100(93,94)95)65(74)40-36-53-27-21-28-54(37-41-66-75(3,4)58-31-13-15-33-63(58)81(66)44-18-20-46-101(96,97)98)69(53)99-50-61(72(90)91)78-70(87)55(47-51-23-7-5-8-24-51)49-64(83)60(48-52-25-9-6-10-26-52)77-67(84)34-16-11-29-56(82)38-39-59(71(88)89)79-73(92)76-42-22-35-68(85)86/h5-10,12-15,23-26,30-33,36-37,40-41,55,59-61H,11,16-22,27-29,34-35,38-39,42-50H2,1-4H3,(H8-,76,77,78,79,84,85,86,87,88,89,90,91,92,93,94,95,96,97,98)/p+1/t55?,59-,60-,61-/m0/s1. The van der Waals surface area contributed by atoms with E-state index in [1.807, 2.05) is 36.4 Å². The SMILES string of the molecule is CC1(C)C(=CC=C2CCCC(C=CC3=[N+](CCCCS(=O)(=O)O)c4ccccc4C3(C)C)=C2SC[C@H](NC(=O)C(CC(=O)[C@H](Cc2ccccc2)NC(=O)CCCCC(=O)CC[C@H](NC(=O)NCCCC(=O)O)C(=O)O)Cc2ccccc2)C(=O)O)N(CCCCS(=O)(=O)O)c2ccccc21. The number of Topliss-reactive ketones (excluding diaryl/α,β-unsaturated/α-hetero) is 2. The van der Waals surface area contributed by atoms with Crippen LogP contribution in [0, 0.1) is 5.92 Å². The van der Waals surface area contributed by atoms with E-state index < -0.39 is 96.6 Å². The van der Waals surface area contributed by atoms with Gasteiger partial charge in [0, 0.05) is 103 Å². The van der Waals surface area contributed by atoms with Crippen LogP contribution in [0.25, 0.3) is 0 Å². The molecule has 0 radical (unpaired) electrons. The van der Waals surface area contributed by atoms with E-state index in [2.05, 4.69) is 94.9 Å². The Labute approximate surface area is 596 Å². The van der Waals surface area contributed by atoms with Gasteiger partial charge in [0.15, 0.2) is 11.5 Å². The average Bonchev–Trinajstić information content (AvgIpc) is 1.60. The average molecular weight is 1450 g/mol. The molecule has 3 aliphatic rings. The number of aliphatic carboxylic acids is 3. The molecule has 7 rings (SSSR count). The van der Waals surface area contributed by atoms with E-state index in [9.17, 15) is 74.5 Å². The Morgan fingerprint density at radius 2 is 1.23 bits per heavy atom. The predicted octanol–water partition coefficient (Wildman–Crippen LogP) is 10.4. The maximum atomic E-state index is 14.9. The van der Waals surface area contributed by atoms with Crippen molar-refractivity contribution in [3.8, 4) is 0 Å². The van der Waals surface area contributed by atoms with Gasteiger partial charge in [0.25, 0.3) is 20.2 Å². The maximum Gasteiger partial charge on any atom is 0.327 e. The van der Waals surface area contributed by atoms with Gasteiger partial charge in [0.2, 0.25) is 17.5 Å². The number of nitrogens with one attached hydrogen (secondary N) is 4. The fraction of sp³-hybridized carbons (Fsp3) is 0.453. The molecule has 4 aromatic carbocycles. The quantitative estimate of drug-likeness (QED) is 0.0113. The van der Waals surface area contributed by atoms with Gasteiger partial charge in [-0.05, 0) is 131 Å². The van der Waals surface area contributed by atoms with Crippen LogP contribution in [0.2, 0.25) is 0 Å². The Bertz CT molecular complexity index is 4040. The van der Waals surface area contributed by atoms with Crippen LogP contribution in [0.1, 0.15) is 153 Å². The molecule has 101 heavy (non-hydrogen) atoms. The largest absolute Gasteiger partial charge is 0.481 e. The predicted molar refractivity (Wildman–Crippen MR) is 388 cm³/mol. The van der Waals surface area contributed by atoms with Gasteiger partial charge >= 0.3 is 23.9 Å². The highest BCUT2D eigenvalue weighted by Gasteiger charge is 2.44. The van der Waals surface area contributed by atoms with Crippen LogP contribution in [0.4, 0.5) is 16.2 Å². The van der Waals surface area contributed by atoms with Crippen molar-refractivity contribution in [2.24, 2.45) is 5.92 Å². The molecule has 544 valence electrons. The summed E-state index contributed by atoms with van der Waals surface area (Å²) in [5, 5.41) is 39.9. The number of fused-ring (bicyclic) bond motifs is 2. The molecule has 1 unspecified atom stereocenters. The normalized spacial score (nSPS) is 16.9. The first-order chi connectivity index (χ1) is 47.9. The van der Waals surface area contributed by atoms with E-state index in [1.54, 1.807) is 60.7 Å². The minimum absolute atomic E-state index is 0.00411. The van der Waals surface area contributed by atoms with Gasteiger partial charge in [-0.25, -0.2) is 14.4 Å². The second kappa shape index (κ2) is 37.4. The zero-order chi connectivity index (χ0) is 73.5. The van der Waals surface area contributed by atoms with Crippen LogP contribution in [-0.2, 0) is 77.5 Å². The number of amides is 4. The number of thioether (sulfide) groups is 1. The topological polar surface area (TPSA) is 360 Å². The summed E-state index contributed by atoms with van der Waals surface area (Å²) in [6, 6.07) is 29.2. The number of carbonyl (C=O) groups is 8. The lowest BCUT2D eigenvalue weighted by Crippen LogP contribution is -2.48. The molecule has 0 saturated heterocycles. The van der Waals surface area contributed by atoms with Crippen molar-refractivity contribution >= 4 is 96.4 Å². The fourth-order valence-corrected chi connectivity index (χ4v) is 15.5. The number of urea groups is 1. The third kappa shape index (κ3) is 24.3. The Kier molecular flexibility index (Phi) is 29.5. The van der Waals surface area contributed by atoms with Crippen LogP contribution >= 0.6 is 11.8 Å². The molecular weight excluding hydrogens is 1350 g/mol. The lowest BCUT2D eigenvalue weighted by atomic mass is 9.81. The minimum atomic E-state index is -4.18. The number of unbranched alkanes of at least 4 members (excludes halogenated alkanes) is 3. The van der Waals surface area contributed by atoms with Crippen LogP contribution in [0.3, 0.4) is 0 Å². The molecule has 1 aliphatic carbocycles. The van der Waals surface area contributed by atoms with Crippen LogP contribution in [-0.4, -0.2) is 154 Å². The summed E-state index contributed by atoms with van der Waals surface area (Å²) in [5.41, 5.74) is 8.16. The van der Waals surface area contributed by atoms with Gasteiger partial charge in [0.1, 0.15) is 24.4 Å². The first-order valence-corrected chi connectivity index (χ1v) is 38.5. The van der Waals surface area contributed by atoms with Crippen molar-refractivity contribution in [2.45, 2.75) is 172 Å². The molecule has 4 amide bonds. The molecule has 4 atom stereocenters. The molecule has 0 bridgehead atoms. The number of ketones is 2. The summed E-state index contributed by atoms with van der Waals surface area (Å²) >= 11 is 1.29. The Hall–Kier alpha value is -8.56. The third-order valence-electron chi connectivity index (χ3n) is 18.5. The smallest absolute Gasteiger partial charge is 0.327 e. The first kappa shape index (κ1) is 79.8. The van der Waals surface area contributed by atoms with Crippen molar-refractivity contribution < 1.29 is 84.2 Å². The highest BCUT2D eigenvalue weighted by molar-refractivity contribution is 8.03. The van der Waals surface area contributed by atoms with Gasteiger partial charge in [-0.3, -0.25) is 33.1 Å². The fourth-order valence-electron chi connectivity index (χ4n) is 13.1. The second-order valence-electron chi connectivity index (χ2n) is 26.9. The van der Waals surface area contributed by atoms with Crippen molar-refractivity contribution in [3.63, 3.8) is 0 Å². The number of para-hydroxylation sites is 2. The number of anilines is 1. The lowest BCUT2D eigenvalue weighted by Gasteiger charge is -2.28. The minimum Gasteiger partial charge on any atom is -0.481 e. The van der Waals surface area contributed by atoms with E-state index >= 15 is 0 Å². The maximum absolute atomic E-state index is 14.9. The first-order valence-electron chi connectivity index (χ1n) is 34.3. The number of carbonyl (C=O) groups excluding carboxylic acids is 5. The molecule has 2 heterocycles. The number of allylic oxidation sites excluding steroid dienone is 7. The summed E-state index contributed by atoms with van der Waals surface area (Å²) in [7, 11) is -8.36. The number of benzene rings is 4. The highest BCUT2D eigenvalue weighted by atomic mass is 32.2. The molecule has 2 aliphatic heterocycles. The van der Waals surface area contributed by atoms with Gasteiger partial charge < -0.3 is 41.5 Å². The van der Waals surface area contributed by atoms with E-state index in [-0.39, 0.29) is 113 Å². The zero-order valence-electron chi connectivity index (χ0n) is 57.7. The van der Waals surface area contributed by atoms with Crippen molar-refractivity contribution in [1.82, 2.24) is 21.3 Å². The Balaban J connectivity index is 1.14. The summed E-state index contributed by atoms with van der Waals surface area (Å²) in [4.78, 5) is 108. The number of nitrogens with zero attached hydrogens (tertiary/aromatic N) is 2. The second-order valence-corrected chi connectivity index (χ2v) is 31.1. The van der Waals surface area contributed by atoms with Crippen molar-refractivity contribution in [3.05, 3.63) is 178 Å². The highest BCUT2D eigenvalue weighted by Crippen LogP contribution is 2.49. The molecule has 9 N–H and O–H groups in total. The van der Waals surface area contributed by atoms with E-state index in [0.29, 0.717) is 49.9 Å². The van der Waals surface area contributed by atoms with E-state index in [1.165, 1.54) is 11.8 Å². The van der Waals surface area contributed by atoms with Crippen LogP contribution in [0.5, 0.6) is 0 Å². The molecule has 0 aromatic heterocycles. The van der Waals surface area contributed by atoms with Crippen LogP contribution in [0.15, 0.2) is 155 Å². The number of carboxylic acid groups (broad SMARTS) is 3. The number of carboxylic acids is 3. The zero-order valence-corrected chi connectivity index (χ0v) is 60.2. The van der Waals surface area contributed by atoms with Gasteiger partial charge in [-0.1, -0.05) is 123 Å². The molecule has 26 heteroatoms. The summed E-state index contributed by atoms with van der Waals surface area (Å²) in [6.07, 6.45) is 11.2. The van der Waals surface area contributed by atoms with Gasteiger partial charge in [-0.2, -0.15) is 21.4 Å². The molecule has 23 nitrogen and oxygen atoms in total. The monoisotopic (exact) mass is 1450 g/mol. The Morgan fingerprint density at radius 3 is 1.88 bits per heavy atom. The van der Waals surface area contributed by atoms with Crippen molar-refractivity contribution in [2.75, 3.05) is 41.8 Å². The molecule has 4 aromatic rings. The van der Waals surface area contributed by atoms with E-state index in [4.69, 9.17) is 5.11 Å². The van der Waals surface area contributed by atoms with Crippen LogP contribution < -0.4 is 26.2 Å². The number of hydrogen-bond acceptors (Lipinski definition) is 14. The molecule has 0 saturated carbocycles. The van der Waals surface area contributed by atoms with Crippen molar-refractivity contribution in [1.29, 1.82) is 0 Å². The molecule has 0 fully saturated rings. The van der Waals surface area contributed by atoms with E-state index in [0.717, 1.165) is 56.4 Å².